The molecule has 2 rings (SSSR count). The van der Waals surface area contributed by atoms with Gasteiger partial charge in [0.25, 0.3) is 0 Å². The first-order valence-corrected chi connectivity index (χ1v) is 6.82. The Balaban J connectivity index is 1.90. The van der Waals surface area contributed by atoms with Crippen LogP contribution in [0, 0.1) is 5.92 Å². The van der Waals surface area contributed by atoms with Crippen LogP contribution in [-0.4, -0.2) is 17.8 Å². The molecule has 0 amide bonds. The highest BCUT2D eigenvalue weighted by Gasteiger charge is 2.17. The van der Waals surface area contributed by atoms with Crippen LogP contribution in [0.2, 0.25) is 5.02 Å². The van der Waals surface area contributed by atoms with E-state index < -0.39 is 0 Å². The van der Waals surface area contributed by atoms with Crippen LogP contribution >= 0.6 is 27.5 Å². The Morgan fingerprint density at radius 3 is 2.94 bits per heavy atom. The molecule has 0 spiro atoms. The van der Waals surface area contributed by atoms with Crippen LogP contribution < -0.4 is 5.32 Å². The highest BCUT2D eigenvalue weighted by atomic mass is 79.9. The SMILES string of the molecule is OC[C@H]1C=C[C@@H](NCc2cc(Br)ccc2Cl)C1. The number of hydrogen-bond donors (Lipinski definition) is 2. The highest BCUT2D eigenvalue weighted by Crippen LogP contribution is 2.22. The average molecular weight is 317 g/mol. The minimum Gasteiger partial charge on any atom is -0.396 e. The topological polar surface area (TPSA) is 32.3 Å². The first-order valence-electron chi connectivity index (χ1n) is 5.65. The molecular formula is C13H15BrClNO. The monoisotopic (exact) mass is 315 g/mol. The van der Waals surface area contributed by atoms with E-state index in [1.165, 1.54) is 0 Å². The largest absolute Gasteiger partial charge is 0.396 e. The summed E-state index contributed by atoms with van der Waals surface area (Å²) in [6.45, 7) is 0.970. The van der Waals surface area contributed by atoms with Gasteiger partial charge < -0.3 is 10.4 Å². The van der Waals surface area contributed by atoms with Gasteiger partial charge in [-0.15, -0.1) is 0 Å². The van der Waals surface area contributed by atoms with Gasteiger partial charge in [0, 0.05) is 34.6 Å². The van der Waals surface area contributed by atoms with E-state index in [-0.39, 0.29) is 6.61 Å². The molecule has 0 saturated carbocycles. The predicted molar refractivity (Wildman–Crippen MR) is 74.1 cm³/mol. The van der Waals surface area contributed by atoms with Crippen LogP contribution in [-0.2, 0) is 6.54 Å². The number of nitrogens with one attached hydrogen (secondary N) is 1. The van der Waals surface area contributed by atoms with Gasteiger partial charge in [-0.2, -0.15) is 0 Å². The molecule has 1 aliphatic carbocycles. The van der Waals surface area contributed by atoms with Gasteiger partial charge >= 0.3 is 0 Å². The molecule has 17 heavy (non-hydrogen) atoms. The fourth-order valence-electron chi connectivity index (χ4n) is 1.98. The summed E-state index contributed by atoms with van der Waals surface area (Å²) in [7, 11) is 0. The zero-order valence-electron chi connectivity index (χ0n) is 9.37. The average Bonchev–Trinajstić information content (AvgIpc) is 2.78. The number of rotatable bonds is 4. The molecule has 1 aromatic carbocycles. The van der Waals surface area contributed by atoms with Gasteiger partial charge in [0.15, 0.2) is 0 Å². The van der Waals surface area contributed by atoms with E-state index in [2.05, 4.69) is 33.4 Å². The van der Waals surface area contributed by atoms with Gasteiger partial charge in [-0.1, -0.05) is 39.7 Å². The Labute approximate surface area is 115 Å². The molecular weight excluding hydrogens is 302 g/mol. The van der Waals surface area contributed by atoms with E-state index in [0.717, 1.165) is 28.0 Å². The maximum Gasteiger partial charge on any atom is 0.0494 e. The van der Waals surface area contributed by atoms with E-state index in [4.69, 9.17) is 16.7 Å². The molecule has 0 bridgehead atoms. The molecule has 0 fully saturated rings. The normalized spacial score (nSPS) is 23.2. The summed E-state index contributed by atoms with van der Waals surface area (Å²) in [5.41, 5.74) is 1.09. The highest BCUT2D eigenvalue weighted by molar-refractivity contribution is 9.10. The van der Waals surface area contributed by atoms with E-state index >= 15 is 0 Å². The van der Waals surface area contributed by atoms with Crippen molar-refractivity contribution >= 4 is 27.5 Å². The predicted octanol–water partition coefficient (Wildman–Crippen LogP) is 3.13. The summed E-state index contributed by atoms with van der Waals surface area (Å²) >= 11 is 9.56. The maximum atomic E-state index is 9.04. The summed E-state index contributed by atoms with van der Waals surface area (Å²) in [4.78, 5) is 0. The molecule has 92 valence electrons. The number of halogens is 2. The van der Waals surface area contributed by atoms with E-state index in [1.807, 2.05) is 18.2 Å². The fraction of sp³-hybridized carbons (Fsp3) is 0.385. The fourth-order valence-corrected chi connectivity index (χ4v) is 2.57. The summed E-state index contributed by atoms with van der Waals surface area (Å²) in [5, 5.41) is 13.2. The van der Waals surface area contributed by atoms with Crippen LogP contribution in [0.5, 0.6) is 0 Å². The third kappa shape index (κ3) is 3.55. The molecule has 0 heterocycles. The van der Waals surface area contributed by atoms with Gasteiger partial charge in [0.1, 0.15) is 0 Å². The third-order valence-corrected chi connectivity index (χ3v) is 3.83. The standard InChI is InChI=1S/C13H15BrClNO/c14-11-2-4-13(15)10(6-11)7-16-12-3-1-9(5-12)8-17/h1-4,6,9,12,16-17H,5,7-8H2/t9-,12+/m0/s1. The maximum absolute atomic E-state index is 9.04. The summed E-state index contributed by atoms with van der Waals surface area (Å²) < 4.78 is 1.04. The molecule has 2 atom stereocenters. The van der Waals surface area contributed by atoms with Crippen LogP contribution in [0.1, 0.15) is 12.0 Å². The van der Waals surface area contributed by atoms with Crippen LogP contribution in [0.15, 0.2) is 34.8 Å². The zero-order chi connectivity index (χ0) is 12.3. The van der Waals surface area contributed by atoms with Crippen molar-refractivity contribution in [1.82, 2.24) is 5.32 Å². The van der Waals surface area contributed by atoms with E-state index in [0.29, 0.717) is 12.0 Å². The molecule has 0 radical (unpaired) electrons. The van der Waals surface area contributed by atoms with Crippen molar-refractivity contribution in [3.8, 4) is 0 Å². The van der Waals surface area contributed by atoms with E-state index in [9.17, 15) is 0 Å². The van der Waals surface area contributed by atoms with Crippen molar-refractivity contribution in [3.05, 3.63) is 45.4 Å². The number of aliphatic hydroxyl groups excluding tert-OH is 1. The lowest BCUT2D eigenvalue weighted by molar-refractivity contribution is 0.246. The molecule has 0 unspecified atom stereocenters. The van der Waals surface area contributed by atoms with Gasteiger partial charge in [0.05, 0.1) is 0 Å². The Morgan fingerprint density at radius 1 is 1.41 bits per heavy atom. The van der Waals surface area contributed by atoms with Gasteiger partial charge in [0.2, 0.25) is 0 Å². The van der Waals surface area contributed by atoms with Crippen molar-refractivity contribution in [2.24, 2.45) is 5.92 Å². The minimum absolute atomic E-state index is 0.228. The third-order valence-electron chi connectivity index (χ3n) is 2.97. The van der Waals surface area contributed by atoms with Gasteiger partial charge in [-0.3, -0.25) is 0 Å². The minimum atomic E-state index is 0.228. The Hall–Kier alpha value is -0.350. The second kappa shape index (κ2) is 6.01. The molecule has 1 aromatic rings. The molecule has 0 aromatic heterocycles. The van der Waals surface area contributed by atoms with Gasteiger partial charge in [-0.25, -0.2) is 0 Å². The first kappa shape index (κ1) is 13.1. The van der Waals surface area contributed by atoms with Crippen molar-refractivity contribution in [2.45, 2.75) is 19.0 Å². The van der Waals surface area contributed by atoms with Crippen LogP contribution in [0.25, 0.3) is 0 Å². The lowest BCUT2D eigenvalue weighted by Gasteiger charge is -2.13. The van der Waals surface area contributed by atoms with Crippen molar-refractivity contribution < 1.29 is 5.11 Å². The zero-order valence-corrected chi connectivity index (χ0v) is 11.7. The first-order chi connectivity index (χ1) is 8.19. The second-order valence-electron chi connectivity index (χ2n) is 4.29. The van der Waals surface area contributed by atoms with E-state index in [1.54, 1.807) is 0 Å². The van der Waals surface area contributed by atoms with Crippen LogP contribution in [0.3, 0.4) is 0 Å². The number of aliphatic hydroxyl groups is 1. The molecule has 2 N–H and O–H groups in total. The van der Waals surface area contributed by atoms with Gasteiger partial charge in [-0.05, 0) is 30.2 Å². The smallest absolute Gasteiger partial charge is 0.0494 e. The Kier molecular flexibility index (Phi) is 4.62. The van der Waals surface area contributed by atoms with Crippen molar-refractivity contribution in [1.29, 1.82) is 0 Å². The Morgan fingerprint density at radius 2 is 2.24 bits per heavy atom. The van der Waals surface area contributed by atoms with Crippen molar-refractivity contribution in [3.63, 3.8) is 0 Å². The second-order valence-corrected chi connectivity index (χ2v) is 5.61. The van der Waals surface area contributed by atoms with Crippen LogP contribution in [0.4, 0.5) is 0 Å². The molecule has 4 heteroatoms. The summed E-state index contributed by atoms with van der Waals surface area (Å²) in [6, 6.07) is 6.19. The number of hydrogen-bond acceptors (Lipinski definition) is 2. The van der Waals surface area contributed by atoms with Crippen molar-refractivity contribution in [2.75, 3.05) is 6.61 Å². The Bertz CT molecular complexity index is 422. The lowest BCUT2D eigenvalue weighted by atomic mass is 10.1. The summed E-state index contributed by atoms with van der Waals surface area (Å²) in [6.07, 6.45) is 5.15. The summed E-state index contributed by atoms with van der Waals surface area (Å²) in [5.74, 6) is 0.297. The molecule has 0 saturated heterocycles. The molecule has 2 nitrogen and oxygen atoms in total. The quantitative estimate of drug-likeness (QED) is 0.837. The number of benzene rings is 1. The molecule has 0 aliphatic heterocycles. The molecule has 1 aliphatic rings. The lowest BCUT2D eigenvalue weighted by Crippen LogP contribution is -2.26.